The Hall–Kier alpha value is -0.960. The first-order valence-corrected chi connectivity index (χ1v) is 4.94. The molecule has 0 aromatic carbocycles. The van der Waals surface area contributed by atoms with Gasteiger partial charge in [0.05, 0.1) is 0 Å². The Labute approximate surface area is 82.7 Å². The van der Waals surface area contributed by atoms with Gasteiger partial charge in [0.15, 0.2) is 0 Å². The van der Waals surface area contributed by atoms with Crippen molar-refractivity contribution in [2.75, 3.05) is 0 Å². The van der Waals surface area contributed by atoms with Crippen LogP contribution < -0.4 is 0 Å². The number of hydrogen-bond acceptors (Lipinski definition) is 2. The highest BCUT2D eigenvalue weighted by atomic mass is 32.1. The molecule has 0 aliphatic heterocycles. The first-order valence-electron chi connectivity index (χ1n) is 4.53. The van der Waals surface area contributed by atoms with Gasteiger partial charge in [-0.25, -0.2) is 4.98 Å². The molecule has 1 aliphatic rings. The molecule has 0 atom stereocenters. The number of nitrogens with one attached hydrogen (secondary N) is 1. The lowest BCUT2D eigenvalue weighted by Gasteiger charge is -2.03. The molecule has 1 heterocycles. The highest BCUT2D eigenvalue weighted by Crippen LogP contribution is 2.25. The van der Waals surface area contributed by atoms with E-state index in [2.05, 4.69) is 16.0 Å². The molecule has 1 N–H and O–H groups in total. The van der Waals surface area contributed by atoms with Crippen molar-refractivity contribution in [2.45, 2.75) is 26.2 Å². The van der Waals surface area contributed by atoms with Crippen molar-refractivity contribution < 1.29 is 0 Å². The van der Waals surface area contributed by atoms with Gasteiger partial charge in [0.1, 0.15) is 10.5 Å². The van der Waals surface area contributed by atoms with Crippen molar-refractivity contribution in [3.05, 3.63) is 28.3 Å². The molecule has 0 amide bonds. The van der Waals surface area contributed by atoms with Crippen LogP contribution >= 0.6 is 12.2 Å². The Bertz CT molecular complexity index is 404. The first kappa shape index (κ1) is 8.63. The monoisotopic (exact) mass is 192 g/mol. The summed E-state index contributed by atoms with van der Waals surface area (Å²) in [6, 6.07) is 1.94. The summed E-state index contributed by atoms with van der Waals surface area (Å²) >= 11 is 5.06. The predicted octanol–water partition coefficient (Wildman–Crippen LogP) is 3.01. The van der Waals surface area contributed by atoms with Crippen LogP contribution in [0.1, 0.15) is 30.8 Å². The number of nitrogens with zero attached hydrogens (tertiary/aromatic N) is 1. The van der Waals surface area contributed by atoms with Crippen LogP contribution in [0, 0.1) is 11.6 Å². The summed E-state index contributed by atoms with van der Waals surface area (Å²) < 4.78 is 0.680. The first-order chi connectivity index (χ1) is 6.25. The summed E-state index contributed by atoms with van der Waals surface area (Å²) in [7, 11) is 0. The fourth-order valence-electron chi connectivity index (χ4n) is 1.67. The Morgan fingerprint density at radius 2 is 2.38 bits per heavy atom. The van der Waals surface area contributed by atoms with E-state index in [1.165, 1.54) is 18.4 Å². The largest absolute Gasteiger partial charge is 0.344 e. The number of allylic oxidation sites excluding steroid dienone is 2. The van der Waals surface area contributed by atoms with Gasteiger partial charge in [0.2, 0.25) is 0 Å². The zero-order valence-electron chi connectivity index (χ0n) is 7.63. The minimum atomic E-state index is 0.680. The van der Waals surface area contributed by atoms with E-state index < -0.39 is 0 Å². The molecule has 0 fully saturated rings. The maximum Gasteiger partial charge on any atom is 0.130 e. The van der Waals surface area contributed by atoms with E-state index in [0.717, 1.165) is 17.9 Å². The zero-order chi connectivity index (χ0) is 9.26. The van der Waals surface area contributed by atoms with E-state index in [0.29, 0.717) is 4.64 Å². The van der Waals surface area contributed by atoms with Gasteiger partial charge in [0, 0.05) is 5.69 Å². The van der Waals surface area contributed by atoms with Crippen molar-refractivity contribution >= 4 is 17.8 Å². The smallest absolute Gasteiger partial charge is 0.130 e. The molecule has 1 aliphatic carbocycles. The molecule has 3 heteroatoms. The second-order valence-electron chi connectivity index (χ2n) is 3.34. The van der Waals surface area contributed by atoms with E-state index in [1.54, 1.807) is 0 Å². The van der Waals surface area contributed by atoms with E-state index in [1.807, 2.05) is 13.0 Å². The lowest BCUT2D eigenvalue weighted by atomic mass is 10.1. The molecule has 13 heavy (non-hydrogen) atoms. The average molecular weight is 192 g/mol. The Balaban J connectivity index is 2.45. The predicted molar refractivity (Wildman–Crippen MR) is 56.0 cm³/mol. The van der Waals surface area contributed by atoms with Crippen LogP contribution in [0.15, 0.2) is 12.1 Å². The zero-order valence-corrected chi connectivity index (χ0v) is 8.45. The summed E-state index contributed by atoms with van der Waals surface area (Å²) in [5.41, 5.74) is 2.53. The van der Waals surface area contributed by atoms with Crippen molar-refractivity contribution in [1.82, 2.24) is 9.97 Å². The summed E-state index contributed by atoms with van der Waals surface area (Å²) in [6.07, 6.45) is 5.89. The lowest BCUT2D eigenvalue weighted by molar-refractivity contribution is 0.928. The SMILES string of the molecule is Cc1nc(=S)cc(C2=CCCC2)[nH]1. The van der Waals surface area contributed by atoms with Crippen molar-refractivity contribution in [3.8, 4) is 0 Å². The number of aromatic nitrogens is 2. The third kappa shape index (κ3) is 1.86. The third-order valence-corrected chi connectivity index (χ3v) is 2.46. The summed E-state index contributed by atoms with van der Waals surface area (Å²) in [6.45, 7) is 1.94. The molecule has 0 saturated heterocycles. The van der Waals surface area contributed by atoms with Gasteiger partial charge < -0.3 is 4.98 Å². The van der Waals surface area contributed by atoms with Gasteiger partial charge in [-0.2, -0.15) is 0 Å². The maximum atomic E-state index is 5.06. The summed E-state index contributed by atoms with van der Waals surface area (Å²) in [5, 5.41) is 0. The number of aromatic amines is 1. The second-order valence-corrected chi connectivity index (χ2v) is 3.76. The number of rotatable bonds is 1. The fourth-order valence-corrected chi connectivity index (χ4v) is 1.92. The number of hydrogen-bond donors (Lipinski definition) is 1. The molecule has 2 rings (SSSR count). The molecular formula is C10H12N2S. The molecule has 0 radical (unpaired) electrons. The van der Waals surface area contributed by atoms with Gasteiger partial charge in [-0.05, 0) is 37.8 Å². The molecule has 1 aromatic heterocycles. The Morgan fingerprint density at radius 3 is 3.00 bits per heavy atom. The molecular weight excluding hydrogens is 180 g/mol. The minimum Gasteiger partial charge on any atom is -0.344 e. The fraction of sp³-hybridized carbons (Fsp3) is 0.400. The number of aryl methyl sites for hydroxylation is 1. The van der Waals surface area contributed by atoms with Crippen molar-refractivity contribution in [3.63, 3.8) is 0 Å². The van der Waals surface area contributed by atoms with Crippen LogP contribution in [0.25, 0.3) is 5.57 Å². The topological polar surface area (TPSA) is 28.7 Å². The second kappa shape index (κ2) is 3.42. The highest BCUT2D eigenvalue weighted by molar-refractivity contribution is 7.71. The molecule has 68 valence electrons. The van der Waals surface area contributed by atoms with E-state index >= 15 is 0 Å². The molecule has 0 saturated carbocycles. The summed E-state index contributed by atoms with van der Waals surface area (Å²) in [4.78, 5) is 7.38. The standard InChI is InChI=1S/C10H12N2S/c1-7-11-9(6-10(13)12-7)8-4-2-3-5-8/h4,6H,2-3,5H2,1H3,(H,11,12,13). The van der Waals surface area contributed by atoms with Gasteiger partial charge >= 0.3 is 0 Å². The normalized spacial score (nSPS) is 15.9. The minimum absolute atomic E-state index is 0.680. The van der Waals surface area contributed by atoms with Crippen LogP contribution in [-0.2, 0) is 0 Å². The quantitative estimate of drug-likeness (QED) is 0.693. The molecule has 0 bridgehead atoms. The van der Waals surface area contributed by atoms with Gasteiger partial charge in [-0.3, -0.25) is 0 Å². The molecule has 0 unspecified atom stereocenters. The molecule has 1 aromatic rings. The Kier molecular flexibility index (Phi) is 2.27. The van der Waals surface area contributed by atoms with Crippen LogP contribution in [0.5, 0.6) is 0 Å². The van der Waals surface area contributed by atoms with Gasteiger partial charge in [0.25, 0.3) is 0 Å². The average Bonchev–Trinajstić information content (AvgIpc) is 2.53. The van der Waals surface area contributed by atoms with Gasteiger partial charge in [-0.1, -0.05) is 18.3 Å². The van der Waals surface area contributed by atoms with E-state index in [9.17, 15) is 0 Å². The third-order valence-electron chi connectivity index (χ3n) is 2.25. The highest BCUT2D eigenvalue weighted by Gasteiger charge is 2.07. The molecule has 2 nitrogen and oxygen atoms in total. The molecule has 0 spiro atoms. The van der Waals surface area contributed by atoms with Gasteiger partial charge in [-0.15, -0.1) is 0 Å². The maximum absolute atomic E-state index is 5.06. The van der Waals surface area contributed by atoms with Crippen LogP contribution in [0.2, 0.25) is 0 Å². The summed E-state index contributed by atoms with van der Waals surface area (Å²) in [5.74, 6) is 0.898. The lowest BCUT2D eigenvalue weighted by Crippen LogP contribution is -1.93. The van der Waals surface area contributed by atoms with Crippen LogP contribution in [-0.4, -0.2) is 9.97 Å². The Morgan fingerprint density at radius 1 is 1.54 bits per heavy atom. The van der Waals surface area contributed by atoms with Crippen LogP contribution in [0.4, 0.5) is 0 Å². The van der Waals surface area contributed by atoms with Crippen LogP contribution in [0.3, 0.4) is 0 Å². The van der Waals surface area contributed by atoms with E-state index in [-0.39, 0.29) is 0 Å². The van der Waals surface area contributed by atoms with Crippen molar-refractivity contribution in [2.24, 2.45) is 0 Å². The van der Waals surface area contributed by atoms with E-state index in [4.69, 9.17) is 12.2 Å². The van der Waals surface area contributed by atoms with Crippen molar-refractivity contribution in [1.29, 1.82) is 0 Å². The number of H-pyrrole nitrogens is 1.